The van der Waals surface area contributed by atoms with Crippen LogP contribution in [-0.4, -0.2) is 0 Å². The summed E-state index contributed by atoms with van der Waals surface area (Å²) in [7, 11) is 0. The molecule has 0 saturated carbocycles. The molecule has 2 rings (SSSR count). The van der Waals surface area contributed by atoms with Crippen molar-refractivity contribution in [3.05, 3.63) is 64.7 Å². The maximum atomic E-state index is 9.10. The Kier molecular flexibility index (Phi) is 3.64. The maximum Gasteiger partial charge on any atom is 0.101 e. The second-order valence-corrected chi connectivity index (χ2v) is 4.44. The first kappa shape index (κ1) is 12.2. The van der Waals surface area contributed by atoms with Crippen molar-refractivity contribution >= 4 is 5.69 Å². The zero-order valence-electron chi connectivity index (χ0n) is 10.7. The maximum absolute atomic E-state index is 9.10. The van der Waals surface area contributed by atoms with E-state index in [0.717, 1.165) is 17.8 Å². The standard InChI is InChI=1S/C16H16N2/c1-12-7-8-16(15(9-12)10-17)18-11-14-6-4-3-5-13(14)2/h3-9,18H,11H2,1-2H3. The molecule has 0 atom stereocenters. The molecule has 2 nitrogen and oxygen atoms in total. The molecule has 0 saturated heterocycles. The van der Waals surface area contributed by atoms with Crippen LogP contribution in [0.4, 0.5) is 5.69 Å². The number of aryl methyl sites for hydroxylation is 2. The summed E-state index contributed by atoms with van der Waals surface area (Å²) < 4.78 is 0. The number of hydrogen-bond donors (Lipinski definition) is 1. The van der Waals surface area contributed by atoms with Gasteiger partial charge in [0.2, 0.25) is 0 Å². The van der Waals surface area contributed by atoms with Crippen LogP contribution in [-0.2, 0) is 6.54 Å². The summed E-state index contributed by atoms with van der Waals surface area (Å²) in [5.74, 6) is 0. The van der Waals surface area contributed by atoms with Crippen LogP contribution < -0.4 is 5.32 Å². The van der Waals surface area contributed by atoms with Gasteiger partial charge in [-0.25, -0.2) is 0 Å². The van der Waals surface area contributed by atoms with Crippen molar-refractivity contribution in [1.29, 1.82) is 5.26 Å². The van der Waals surface area contributed by atoms with E-state index >= 15 is 0 Å². The molecule has 0 bridgehead atoms. The summed E-state index contributed by atoms with van der Waals surface area (Å²) in [6.07, 6.45) is 0. The summed E-state index contributed by atoms with van der Waals surface area (Å²) in [5.41, 5.74) is 5.21. The first-order chi connectivity index (χ1) is 8.70. The molecule has 0 fully saturated rings. The molecule has 0 unspecified atom stereocenters. The lowest BCUT2D eigenvalue weighted by molar-refractivity contribution is 1.12. The van der Waals surface area contributed by atoms with Crippen molar-refractivity contribution in [3.63, 3.8) is 0 Å². The molecule has 90 valence electrons. The predicted molar refractivity (Wildman–Crippen MR) is 74.4 cm³/mol. The Morgan fingerprint density at radius 2 is 1.89 bits per heavy atom. The van der Waals surface area contributed by atoms with Crippen molar-refractivity contribution in [3.8, 4) is 6.07 Å². The molecule has 0 aliphatic carbocycles. The lowest BCUT2D eigenvalue weighted by Gasteiger charge is -2.10. The summed E-state index contributed by atoms with van der Waals surface area (Å²) in [5, 5.41) is 12.4. The topological polar surface area (TPSA) is 35.8 Å². The SMILES string of the molecule is Cc1ccc(NCc2ccccc2C)c(C#N)c1. The Morgan fingerprint density at radius 1 is 1.11 bits per heavy atom. The van der Waals surface area contributed by atoms with Gasteiger partial charge < -0.3 is 5.32 Å². The van der Waals surface area contributed by atoms with Crippen LogP contribution in [0.1, 0.15) is 22.3 Å². The highest BCUT2D eigenvalue weighted by atomic mass is 14.9. The quantitative estimate of drug-likeness (QED) is 0.880. The van der Waals surface area contributed by atoms with E-state index in [0.29, 0.717) is 5.56 Å². The number of nitriles is 1. The first-order valence-electron chi connectivity index (χ1n) is 6.00. The van der Waals surface area contributed by atoms with E-state index < -0.39 is 0 Å². The Morgan fingerprint density at radius 3 is 2.61 bits per heavy atom. The number of anilines is 1. The van der Waals surface area contributed by atoms with Gasteiger partial charge in [0.1, 0.15) is 6.07 Å². The minimum absolute atomic E-state index is 0.698. The Labute approximate surface area is 108 Å². The summed E-state index contributed by atoms with van der Waals surface area (Å²) >= 11 is 0. The fourth-order valence-corrected chi connectivity index (χ4v) is 1.90. The van der Waals surface area contributed by atoms with Gasteiger partial charge >= 0.3 is 0 Å². The molecule has 0 heterocycles. The molecule has 0 spiro atoms. The lowest BCUT2D eigenvalue weighted by Crippen LogP contribution is -2.02. The third-order valence-corrected chi connectivity index (χ3v) is 3.03. The average Bonchev–Trinajstić information content (AvgIpc) is 2.39. The second kappa shape index (κ2) is 5.37. The normalized spacial score (nSPS) is 9.83. The van der Waals surface area contributed by atoms with E-state index in [-0.39, 0.29) is 0 Å². The van der Waals surface area contributed by atoms with Gasteiger partial charge in [0.15, 0.2) is 0 Å². The molecule has 2 aromatic carbocycles. The highest BCUT2D eigenvalue weighted by Crippen LogP contribution is 2.18. The smallest absolute Gasteiger partial charge is 0.101 e. The Hall–Kier alpha value is -2.27. The van der Waals surface area contributed by atoms with Gasteiger partial charge in [-0.05, 0) is 42.7 Å². The first-order valence-corrected chi connectivity index (χ1v) is 6.00. The zero-order valence-corrected chi connectivity index (χ0v) is 10.7. The highest BCUT2D eigenvalue weighted by Gasteiger charge is 2.02. The minimum Gasteiger partial charge on any atom is -0.380 e. The van der Waals surface area contributed by atoms with E-state index in [2.05, 4.69) is 30.4 Å². The molecule has 0 aliphatic rings. The number of benzene rings is 2. The van der Waals surface area contributed by atoms with Crippen molar-refractivity contribution in [1.82, 2.24) is 0 Å². The summed E-state index contributed by atoms with van der Waals surface area (Å²) in [6, 6.07) is 16.4. The van der Waals surface area contributed by atoms with E-state index in [1.807, 2.05) is 37.3 Å². The van der Waals surface area contributed by atoms with Crippen molar-refractivity contribution in [2.24, 2.45) is 0 Å². The molecule has 0 radical (unpaired) electrons. The fourth-order valence-electron chi connectivity index (χ4n) is 1.90. The van der Waals surface area contributed by atoms with Gasteiger partial charge in [0.25, 0.3) is 0 Å². The van der Waals surface area contributed by atoms with Gasteiger partial charge in [-0.2, -0.15) is 5.26 Å². The molecule has 18 heavy (non-hydrogen) atoms. The van der Waals surface area contributed by atoms with Gasteiger partial charge in [-0.3, -0.25) is 0 Å². The minimum atomic E-state index is 0.698. The van der Waals surface area contributed by atoms with Crippen LogP contribution in [0, 0.1) is 25.2 Å². The molecule has 1 N–H and O–H groups in total. The van der Waals surface area contributed by atoms with Crippen LogP contribution in [0.15, 0.2) is 42.5 Å². The van der Waals surface area contributed by atoms with Crippen LogP contribution >= 0.6 is 0 Å². The Balaban J connectivity index is 2.16. The fraction of sp³-hybridized carbons (Fsp3) is 0.188. The number of nitrogens with zero attached hydrogens (tertiary/aromatic N) is 1. The lowest BCUT2D eigenvalue weighted by atomic mass is 10.1. The second-order valence-electron chi connectivity index (χ2n) is 4.44. The monoisotopic (exact) mass is 236 g/mol. The van der Waals surface area contributed by atoms with Crippen LogP contribution in [0.2, 0.25) is 0 Å². The summed E-state index contributed by atoms with van der Waals surface area (Å²) in [6.45, 7) is 4.83. The molecule has 0 amide bonds. The van der Waals surface area contributed by atoms with E-state index in [4.69, 9.17) is 5.26 Å². The van der Waals surface area contributed by atoms with Crippen molar-refractivity contribution < 1.29 is 0 Å². The van der Waals surface area contributed by atoms with E-state index in [1.165, 1.54) is 11.1 Å². The Bertz CT molecular complexity index is 594. The third kappa shape index (κ3) is 2.70. The molecule has 0 aromatic heterocycles. The van der Waals surface area contributed by atoms with Gasteiger partial charge in [-0.15, -0.1) is 0 Å². The number of hydrogen-bond acceptors (Lipinski definition) is 2. The average molecular weight is 236 g/mol. The summed E-state index contributed by atoms with van der Waals surface area (Å²) in [4.78, 5) is 0. The third-order valence-electron chi connectivity index (χ3n) is 3.03. The van der Waals surface area contributed by atoms with Gasteiger partial charge in [-0.1, -0.05) is 30.3 Å². The van der Waals surface area contributed by atoms with Gasteiger partial charge in [0.05, 0.1) is 11.3 Å². The molecule has 2 heteroatoms. The van der Waals surface area contributed by atoms with E-state index in [9.17, 15) is 0 Å². The molecule has 0 aliphatic heterocycles. The van der Waals surface area contributed by atoms with Gasteiger partial charge in [0, 0.05) is 6.54 Å². The largest absolute Gasteiger partial charge is 0.380 e. The van der Waals surface area contributed by atoms with Crippen LogP contribution in [0.5, 0.6) is 0 Å². The van der Waals surface area contributed by atoms with Crippen LogP contribution in [0.25, 0.3) is 0 Å². The molecular weight excluding hydrogens is 220 g/mol. The highest BCUT2D eigenvalue weighted by molar-refractivity contribution is 5.58. The van der Waals surface area contributed by atoms with Crippen molar-refractivity contribution in [2.75, 3.05) is 5.32 Å². The zero-order chi connectivity index (χ0) is 13.0. The predicted octanol–water partition coefficient (Wildman–Crippen LogP) is 3.79. The van der Waals surface area contributed by atoms with Crippen molar-refractivity contribution in [2.45, 2.75) is 20.4 Å². The van der Waals surface area contributed by atoms with Crippen LogP contribution in [0.3, 0.4) is 0 Å². The molecular formula is C16H16N2. The number of rotatable bonds is 3. The van der Waals surface area contributed by atoms with E-state index in [1.54, 1.807) is 0 Å². The molecule has 2 aromatic rings. The number of nitrogens with one attached hydrogen (secondary N) is 1.